The summed E-state index contributed by atoms with van der Waals surface area (Å²) in [4.78, 5) is 53.1. The molecule has 12 heteroatoms. The van der Waals surface area contributed by atoms with Gasteiger partial charge in [-0.3, -0.25) is 34.6 Å². The van der Waals surface area contributed by atoms with Crippen LogP contribution in [0.4, 0.5) is 10.5 Å². The number of aryl methyl sites for hydroxylation is 1. The quantitative estimate of drug-likeness (QED) is 0.250. The van der Waals surface area contributed by atoms with Crippen LogP contribution in [0.3, 0.4) is 0 Å². The number of amidine groups is 1. The molecule has 0 aromatic carbocycles. The molecule has 0 aliphatic carbocycles. The topological polar surface area (TPSA) is 145 Å². The molecule has 1 aliphatic heterocycles. The van der Waals surface area contributed by atoms with Crippen molar-refractivity contribution in [3.8, 4) is 0 Å². The van der Waals surface area contributed by atoms with Gasteiger partial charge < -0.3 is 10.1 Å². The highest BCUT2D eigenvalue weighted by Crippen LogP contribution is 2.33. The molecule has 0 saturated heterocycles. The van der Waals surface area contributed by atoms with Gasteiger partial charge >= 0.3 is 17.3 Å². The van der Waals surface area contributed by atoms with Crippen LogP contribution in [0.2, 0.25) is 0 Å². The molecule has 2 rings (SSSR count). The highest BCUT2D eigenvalue weighted by molar-refractivity contribution is 8.00. The molecule has 2 N–H and O–H groups in total. The lowest BCUT2D eigenvalue weighted by Gasteiger charge is -2.29. The Morgan fingerprint density at radius 2 is 2.06 bits per heavy atom. The van der Waals surface area contributed by atoms with Gasteiger partial charge in [0.1, 0.15) is 5.60 Å². The Hall–Kier alpha value is -3.41. The van der Waals surface area contributed by atoms with Crippen molar-refractivity contribution < 1.29 is 19.2 Å². The molecule has 2 amide bonds. The molecular weight excluding hydrogens is 474 g/mol. The molecule has 1 aromatic heterocycles. The molecule has 35 heavy (non-hydrogen) atoms. The summed E-state index contributed by atoms with van der Waals surface area (Å²) in [5.41, 5.74) is -0.943. The van der Waals surface area contributed by atoms with E-state index in [4.69, 9.17) is 4.74 Å². The maximum absolute atomic E-state index is 13.6. The van der Waals surface area contributed by atoms with E-state index < -0.39 is 33.9 Å². The number of nitrogens with zero attached hydrogens (tertiary/aromatic N) is 3. The monoisotopic (exact) mass is 505 g/mol. The van der Waals surface area contributed by atoms with Crippen LogP contribution in [0.15, 0.2) is 38.5 Å². The number of thioether (sulfide) groups is 1. The maximum Gasteiger partial charge on any atom is 0.413 e. The van der Waals surface area contributed by atoms with E-state index in [2.05, 4.69) is 22.2 Å². The van der Waals surface area contributed by atoms with Gasteiger partial charge in [0.05, 0.1) is 21.6 Å². The first-order valence-electron chi connectivity index (χ1n) is 10.9. The molecule has 0 bridgehead atoms. The largest absolute Gasteiger partial charge is 0.444 e. The molecule has 0 radical (unpaired) electrons. The minimum Gasteiger partial charge on any atom is -0.444 e. The van der Waals surface area contributed by atoms with Gasteiger partial charge in [-0.1, -0.05) is 20.4 Å². The predicted molar refractivity (Wildman–Crippen MR) is 136 cm³/mol. The van der Waals surface area contributed by atoms with Gasteiger partial charge in [-0.25, -0.2) is 4.79 Å². The summed E-state index contributed by atoms with van der Waals surface area (Å²) in [5.74, 6) is -0.0226. The Bertz CT molecular complexity index is 1180. The second kappa shape index (κ2) is 10.9. The number of dihydropyridines is 1. The van der Waals surface area contributed by atoms with Gasteiger partial charge in [0, 0.05) is 23.1 Å². The average molecular weight is 506 g/mol. The molecular formula is C23H31N5O6S. The van der Waals surface area contributed by atoms with E-state index in [-0.39, 0.29) is 28.2 Å². The highest BCUT2D eigenvalue weighted by Gasteiger charge is 2.33. The maximum atomic E-state index is 13.6. The molecule has 0 fully saturated rings. The van der Waals surface area contributed by atoms with Crippen LogP contribution in [-0.4, -0.2) is 51.3 Å². The predicted octanol–water partition coefficient (Wildman–Crippen LogP) is 3.40. The van der Waals surface area contributed by atoms with Gasteiger partial charge in [0.25, 0.3) is 0 Å². The standard InChI is InChI=1S/C23H31N5O6S/c1-12(2)35-17-9-13(3)27(21(30)19(17)28(32)33)18-16(10-24-11-29)14(4)15(5)25-20(18)26-22(31)34-23(6,7)8/h9,11-12,15H,4,10H2,1-3,5-8H3,(H,24,29)(H,25,26,31). The number of hydrogen-bond acceptors (Lipinski definition) is 8. The third-order valence-electron chi connectivity index (χ3n) is 4.81. The smallest absolute Gasteiger partial charge is 0.413 e. The fraction of sp³-hybridized carbons (Fsp3) is 0.478. The zero-order valence-electron chi connectivity index (χ0n) is 20.9. The van der Waals surface area contributed by atoms with Crippen molar-refractivity contribution in [2.45, 2.75) is 70.3 Å². The van der Waals surface area contributed by atoms with Crippen molar-refractivity contribution in [1.82, 2.24) is 15.2 Å². The normalized spacial score (nSPS) is 16.2. The highest BCUT2D eigenvalue weighted by atomic mass is 32.2. The lowest BCUT2D eigenvalue weighted by molar-refractivity contribution is -0.389. The fourth-order valence-electron chi connectivity index (χ4n) is 3.44. The van der Waals surface area contributed by atoms with Crippen molar-refractivity contribution in [2.24, 2.45) is 4.99 Å². The Balaban J connectivity index is 2.85. The van der Waals surface area contributed by atoms with Crippen LogP contribution in [0, 0.1) is 17.0 Å². The fourth-order valence-corrected chi connectivity index (χ4v) is 4.46. The SMILES string of the molecule is C=C1C(CNC=O)=C(n2c(C)cc(SC(C)C)c([N+](=O)[O-])c2=O)C(NC(=O)OC(C)(C)C)=NC1C. The van der Waals surface area contributed by atoms with E-state index in [1.165, 1.54) is 11.8 Å². The molecule has 190 valence electrons. The Morgan fingerprint density at radius 1 is 1.43 bits per heavy atom. The van der Waals surface area contributed by atoms with E-state index in [1.54, 1.807) is 40.7 Å². The van der Waals surface area contributed by atoms with Crippen LogP contribution in [0.1, 0.15) is 47.2 Å². The van der Waals surface area contributed by atoms with Gasteiger partial charge in [0.2, 0.25) is 6.41 Å². The molecule has 1 aliphatic rings. The molecule has 0 saturated carbocycles. The number of amides is 2. The van der Waals surface area contributed by atoms with Crippen molar-refractivity contribution in [2.75, 3.05) is 6.54 Å². The zero-order valence-corrected chi connectivity index (χ0v) is 21.7. The van der Waals surface area contributed by atoms with Gasteiger partial charge in [-0.05, 0) is 46.3 Å². The van der Waals surface area contributed by atoms with Gasteiger partial charge in [-0.2, -0.15) is 0 Å². The van der Waals surface area contributed by atoms with E-state index in [1.807, 2.05) is 13.8 Å². The number of hydrogen-bond donors (Lipinski definition) is 2. The minimum atomic E-state index is -0.891. The Kier molecular flexibility index (Phi) is 8.66. The van der Waals surface area contributed by atoms with Crippen molar-refractivity contribution >= 4 is 41.5 Å². The number of pyridine rings is 1. The Labute approximate surface area is 207 Å². The summed E-state index contributed by atoms with van der Waals surface area (Å²) in [6, 6.07) is 1.04. The number of aliphatic imine (C=N–C) groups is 1. The number of carbonyl (C=O) groups excluding carboxylic acids is 2. The average Bonchev–Trinajstić information content (AvgIpc) is 2.68. The first-order chi connectivity index (χ1) is 16.2. The summed E-state index contributed by atoms with van der Waals surface area (Å²) in [7, 11) is 0. The first-order valence-corrected chi connectivity index (χ1v) is 11.8. The van der Waals surface area contributed by atoms with Crippen molar-refractivity contribution in [3.63, 3.8) is 0 Å². The van der Waals surface area contributed by atoms with E-state index in [0.717, 1.165) is 4.57 Å². The second-order valence-electron chi connectivity index (χ2n) is 9.19. The zero-order chi connectivity index (χ0) is 26.7. The summed E-state index contributed by atoms with van der Waals surface area (Å²) in [6.45, 7) is 16.2. The summed E-state index contributed by atoms with van der Waals surface area (Å²) < 4.78 is 6.46. The molecule has 0 spiro atoms. The number of carbonyl (C=O) groups is 2. The molecule has 1 atom stereocenters. The van der Waals surface area contributed by atoms with Gasteiger partial charge in [-0.15, -0.1) is 11.8 Å². The lowest BCUT2D eigenvalue weighted by Crippen LogP contribution is -2.43. The second-order valence-corrected chi connectivity index (χ2v) is 10.8. The third-order valence-corrected chi connectivity index (χ3v) is 5.84. The van der Waals surface area contributed by atoms with E-state index >= 15 is 0 Å². The summed E-state index contributed by atoms with van der Waals surface area (Å²) in [6.07, 6.45) is -0.334. The number of rotatable bonds is 7. The molecule has 1 unspecified atom stereocenters. The number of aromatic nitrogens is 1. The molecule has 2 heterocycles. The van der Waals surface area contributed by atoms with Crippen LogP contribution in [0.25, 0.3) is 5.70 Å². The summed E-state index contributed by atoms with van der Waals surface area (Å²) >= 11 is 1.20. The molecule has 1 aromatic rings. The van der Waals surface area contributed by atoms with Crippen LogP contribution < -0.4 is 16.2 Å². The summed E-state index contributed by atoms with van der Waals surface area (Å²) in [5, 5.41) is 17.0. The number of nitro groups is 1. The van der Waals surface area contributed by atoms with E-state index in [0.29, 0.717) is 23.3 Å². The first kappa shape index (κ1) is 27.8. The number of ether oxygens (including phenoxy) is 1. The van der Waals surface area contributed by atoms with Crippen LogP contribution >= 0.6 is 11.8 Å². The third kappa shape index (κ3) is 6.59. The number of nitrogens with one attached hydrogen (secondary N) is 2. The van der Waals surface area contributed by atoms with Crippen molar-refractivity contribution in [1.29, 1.82) is 0 Å². The minimum absolute atomic E-state index is 0.00353. The Morgan fingerprint density at radius 3 is 2.57 bits per heavy atom. The van der Waals surface area contributed by atoms with Gasteiger partial charge in [0.15, 0.2) is 5.84 Å². The lowest BCUT2D eigenvalue weighted by atomic mass is 9.95. The van der Waals surface area contributed by atoms with Crippen LogP contribution in [0.5, 0.6) is 0 Å². The molecule has 11 nitrogen and oxygen atoms in total. The van der Waals surface area contributed by atoms with E-state index in [9.17, 15) is 24.5 Å². The number of alkyl carbamates (subject to hydrolysis) is 1. The van der Waals surface area contributed by atoms with Crippen molar-refractivity contribution in [3.05, 3.63) is 50.0 Å². The van der Waals surface area contributed by atoms with Crippen LogP contribution in [-0.2, 0) is 9.53 Å².